The van der Waals surface area contributed by atoms with E-state index in [2.05, 4.69) is 34.5 Å². The summed E-state index contributed by atoms with van der Waals surface area (Å²) in [5.41, 5.74) is 2.00. The normalized spacial score (nSPS) is 18.5. The van der Waals surface area contributed by atoms with Crippen LogP contribution in [-0.4, -0.2) is 68.8 Å². The lowest BCUT2D eigenvalue weighted by Gasteiger charge is -2.35. The minimum absolute atomic E-state index is 0.139. The summed E-state index contributed by atoms with van der Waals surface area (Å²) in [6.07, 6.45) is 4.45. The first-order valence-electron chi connectivity index (χ1n) is 9.31. The van der Waals surface area contributed by atoms with Gasteiger partial charge >= 0.3 is 6.03 Å². The molecule has 0 unspecified atom stereocenters. The fraction of sp³-hybridized carbons (Fsp3) is 0.632. The Bertz CT molecular complexity index is 583. The van der Waals surface area contributed by atoms with Gasteiger partial charge in [-0.15, -0.1) is 0 Å². The number of aryl methyl sites for hydroxylation is 1. The van der Waals surface area contributed by atoms with Crippen LogP contribution in [0, 0.1) is 0 Å². The van der Waals surface area contributed by atoms with Gasteiger partial charge < -0.3 is 25.2 Å². The maximum atomic E-state index is 12.1. The minimum Gasteiger partial charge on any atom is -0.493 e. The van der Waals surface area contributed by atoms with E-state index in [1.807, 2.05) is 18.2 Å². The van der Waals surface area contributed by atoms with Gasteiger partial charge in [0.25, 0.3) is 0 Å². The molecule has 0 aliphatic carbocycles. The highest BCUT2D eigenvalue weighted by Crippen LogP contribution is 2.27. The molecule has 0 aromatic heterocycles. The number of amides is 2. The Kier molecular flexibility index (Phi) is 6.15. The highest BCUT2D eigenvalue weighted by Gasteiger charge is 2.20. The molecule has 1 saturated heterocycles. The second-order valence-corrected chi connectivity index (χ2v) is 7.19. The average Bonchev–Trinajstić information content (AvgIpc) is 2.62. The fourth-order valence-electron chi connectivity index (χ4n) is 3.60. The highest BCUT2D eigenvalue weighted by molar-refractivity contribution is 5.89. The summed E-state index contributed by atoms with van der Waals surface area (Å²) in [6.45, 7) is 4.58. The van der Waals surface area contributed by atoms with Crippen LogP contribution in [0.2, 0.25) is 0 Å². The molecule has 2 aliphatic rings. The van der Waals surface area contributed by atoms with E-state index in [4.69, 9.17) is 4.74 Å². The van der Waals surface area contributed by atoms with Gasteiger partial charge in [-0.2, -0.15) is 0 Å². The first-order valence-corrected chi connectivity index (χ1v) is 9.31. The molecule has 1 fully saturated rings. The van der Waals surface area contributed by atoms with E-state index in [1.54, 1.807) is 0 Å². The topological polar surface area (TPSA) is 56.8 Å². The van der Waals surface area contributed by atoms with Crippen LogP contribution in [0.25, 0.3) is 0 Å². The third-order valence-corrected chi connectivity index (χ3v) is 5.17. The molecule has 6 heteroatoms. The van der Waals surface area contributed by atoms with Crippen molar-refractivity contribution in [2.24, 2.45) is 0 Å². The maximum absolute atomic E-state index is 12.1. The van der Waals surface area contributed by atoms with E-state index in [0.29, 0.717) is 12.6 Å². The molecule has 138 valence electrons. The summed E-state index contributed by atoms with van der Waals surface area (Å²) in [5.74, 6) is 0.943. The standard InChI is InChI=1S/C19H30N4O2/c1-22(2)17-7-10-23(11-8-17)12-9-20-19(24)21-16-5-6-18-15(14-16)4-3-13-25-18/h5-6,14,17H,3-4,7-13H2,1-2H3,(H2,20,21,24). The van der Waals surface area contributed by atoms with Gasteiger partial charge in [0.05, 0.1) is 6.61 Å². The predicted octanol–water partition coefficient (Wildman–Crippen LogP) is 2.16. The Hall–Kier alpha value is -1.79. The number of nitrogens with one attached hydrogen (secondary N) is 2. The smallest absolute Gasteiger partial charge is 0.319 e. The van der Waals surface area contributed by atoms with E-state index in [0.717, 1.165) is 50.5 Å². The molecule has 0 radical (unpaired) electrons. The first kappa shape index (κ1) is 18.0. The zero-order chi connectivity index (χ0) is 17.6. The van der Waals surface area contributed by atoms with Crippen molar-refractivity contribution in [3.8, 4) is 5.75 Å². The Morgan fingerprint density at radius 3 is 2.88 bits per heavy atom. The zero-order valence-corrected chi connectivity index (χ0v) is 15.4. The van der Waals surface area contributed by atoms with Crippen molar-refractivity contribution >= 4 is 11.7 Å². The van der Waals surface area contributed by atoms with Crippen molar-refractivity contribution < 1.29 is 9.53 Å². The molecule has 0 saturated carbocycles. The van der Waals surface area contributed by atoms with Crippen LogP contribution in [-0.2, 0) is 6.42 Å². The monoisotopic (exact) mass is 346 g/mol. The molecular formula is C19H30N4O2. The van der Waals surface area contributed by atoms with Crippen molar-refractivity contribution in [2.75, 3.05) is 52.2 Å². The molecule has 25 heavy (non-hydrogen) atoms. The van der Waals surface area contributed by atoms with Crippen molar-refractivity contribution in [1.29, 1.82) is 0 Å². The number of nitrogens with zero attached hydrogens (tertiary/aromatic N) is 2. The lowest BCUT2D eigenvalue weighted by atomic mass is 10.0. The maximum Gasteiger partial charge on any atom is 0.319 e. The summed E-state index contributed by atoms with van der Waals surface area (Å²) in [7, 11) is 4.30. The molecule has 0 spiro atoms. The highest BCUT2D eigenvalue weighted by atomic mass is 16.5. The Morgan fingerprint density at radius 1 is 1.32 bits per heavy atom. The van der Waals surface area contributed by atoms with Crippen LogP contribution in [0.3, 0.4) is 0 Å². The quantitative estimate of drug-likeness (QED) is 0.858. The van der Waals surface area contributed by atoms with Crippen molar-refractivity contribution in [3.05, 3.63) is 23.8 Å². The van der Waals surface area contributed by atoms with E-state index < -0.39 is 0 Å². The van der Waals surface area contributed by atoms with Crippen LogP contribution >= 0.6 is 0 Å². The summed E-state index contributed by atoms with van der Waals surface area (Å²) in [4.78, 5) is 16.8. The van der Waals surface area contributed by atoms with E-state index in [-0.39, 0.29) is 6.03 Å². The largest absolute Gasteiger partial charge is 0.493 e. The van der Waals surface area contributed by atoms with Crippen LogP contribution in [0.5, 0.6) is 5.75 Å². The van der Waals surface area contributed by atoms with Gasteiger partial charge in [-0.1, -0.05) is 0 Å². The summed E-state index contributed by atoms with van der Waals surface area (Å²) in [6, 6.07) is 6.41. The molecule has 2 aliphatic heterocycles. The van der Waals surface area contributed by atoms with Gasteiger partial charge in [0, 0.05) is 24.8 Å². The number of fused-ring (bicyclic) bond motifs is 1. The summed E-state index contributed by atoms with van der Waals surface area (Å²) in [5, 5.41) is 5.88. The van der Waals surface area contributed by atoms with Crippen LogP contribution in [0.1, 0.15) is 24.8 Å². The third kappa shape index (κ3) is 5.09. The minimum atomic E-state index is -0.139. The number of hydrogen-bond donors (Lipinski definition) is 2. The SMILES string of the molecule is CN(C)C1CCN(CCNC(=O)Nc2ccc3c(c2)CCCO3)CC1. The first-order chi connectivity index (χ1) is 12.1. The molecule has 2 N–H and O–H groups in total. The average molecular weight is 346 g/mol. The number of hydrogen-bond acceptors (Lipinski definition) is 4. The number of rotatable bonds is 5. The van der Waals surface area contributed by atoms with Crippen LogP contribution < -0.4 is 15.4 Å². The van der Waals surface area contributed by atoms with E-state index in [1.165, 1.54) is 18.4 Å². The van der Waals surface area contributed by atoms with Gasteiger partial charge in [0.1, 0.15) is 5.75 Å². The van der Waals surface area contributed by atoms with Crippen LogP contribution in [0.4, 0.5) is 10.5 Å². The van der Waals surface area contributed by atoms with Gasteiger partial charge in [-0.3, -0.25) is 0 Å². The molecular weight excluding hydrogens is 316 g/mol. The van der Waals surface area contributed by atoms with Crippen LogP contribution in [0.15, 0.2) is 18.2 Å². The molecule has 1 aromatic rings. The van der Waals surface area contributed by atoms with Crippen molar-refractivity contribution in [2.45, 2.75) is 31.7 Å². The Labute approximate surface area is 150 Å². The number of carbonyl (C=O) groups excluding carboxylic acids is 1. The molecule has 0 bridgehead atoms. The van der Waals surface area contributed by atoms with Gasteiger partial charge in [-0.05, 0) is 76.6 Å². The number of anilines is 1. The molecule has 1 aromatic carbocycles. The number of urea groups is 1. The number of likely N-dealkylation sites (tertiary alicyclic amines) is 1. The van der Waals surface area contributed by atoms with Crippen molar-refractivity contribution in [1.82, 2.24) is 15.1 Å². The molecule has 2 heterocycles. The molecule has 2 amide bonds. The second-order valence-electron chi connectivity index (χ2n) is 7.19. The van der Waals surface area contributed by atoms with Gasteiger partial charge in [-0.25, -0.2) is 4.79 Å². The number of benzene rings is 1. The Balaban J connectivity index is 1.37. The second kappa shape index (κ2) is 8.54. The number of carbonyl (C=O) groups is 1. The summed E-state index contributed by atoms with van der Waals surface area (Å²) >= 11 is 0. The lowest BCUT2D eigenvalue weighted by Crippen LogP contribution is -2.44. The van der Waals surface area contributed by atoms with Gasteiger partial charge in [0.2, 0.25) is 0 Å². The number of piperidine rings is 1. The molecule has 6 nitrogen and oxygen atoms in total. The van der Waals surface area contributed by atoms with Gasteiger partial charge in [0.15, 0.2) is 0 Å². The van der Waals surface area contributed by atoms with Crippen molar-refractivity contribution in [3.63, 3.8) is 0 Å². The van der Waals surface area contributed by atoms with E-state index in [9.17, 15) is 4.79 Å². The predicted molar refractivity (Wildman–Crippen MR) is 100 cm³/mol. The Morgan fingerprint density at radius 2 is 2.12 bits per heavy atom. The molecule has 0 atom stereocenters. The van der Waals surface area contributed by atoms with E-state index >= 15 is 0 Å². The fourth-order valence-corrected chi connectivity index (χ4v) is 3.60. The summed E-state index contributed by atoms with van der Waals surface area (Å²) < 4.78 is 5.60. The lowest BCUT2D eigenvalue weighted by molar-refractivity contribution is 0.146. The molecule has 3 rings (SSSR count). The number of ether oxygens (including phenoxy) is 1. The third-order valence-electron chi connectivity index (χ3n) is 5.17. The zero-order valence-electron chi connectivity index (χ0n) is 15.4.